The molecule has 4 nitrogen and oxygen atoms in total. The predicted molar refractivity (Wildman–Crippen MR) is 129 cm³/mol. The molecule has 1 aliphatic carbocycles. The van der Waals surface area contributed by atoms with E-state index in [-0.39, 0.29) is 16.9 Å². The van der Waals surface area contributed by atoms with Gasteiger partial charge in [0.2, 0.25) is 0 Å². The van der Waals surface area contributed by atoms with Crippen molar-refractivity contribution in [2.45, 2.75) is 23.3 Å². The molecule has 0 radical (unpaired) electrons. The van der Waals surface area contributed by atoms with Crippen molar-refractivity contribution in [2.75, 3.05) is 10.0 Å². The molecule has 2 N–H and O–H groups in total. The summed E-state index contributed by atoms with van der Waals surface area (Å²) in [6.07, 6.45) is 5.35. The van der Waals surface area contributed by atoms with Gasteiger partial charge in [0.25, 0.3) is 10.0 Å². The van der Waals surface area contributed by atoms with Gasteiger partial charge in [0.15, 0.2) is 0 Å². The van der Waals surface area contributed by atoms with Gasteiger partial charge in [0, 0.05) is 21.1 Å². The Morgan fingerprint density at radius 1 is 1.03 bits per heavy atom. The van der Waals surface area contributed by atoms with Gasteiger partial charge in [-0.3, -0.25) is 4.72 Å². The lowest BCUT2D eigenvalue weighted by molar-refractivity contribution is 0.425. The van der Waals surface area contributed by atoms with E-state index in [4.69, 9.17) is 11.6 Å². The van der Waals surface area contributed by atoms with Crippen molar-refractivity contribution in [3.63, 3.8) is 0 Å². The first-order valence-electron chi connectivity index (χ1n) is 10.0. The fourth-order valence-corrected chi connectivity index (χ4v) is 6.23. The van der Waals surface area contributed by atoms with Crippen LogP contribution in [0.2, 0.25) is 5.02 Å². The van der Waals surface area contributed by atoms with E-state index in [9.17, 15) is 8.42 Å². The molecule has 3 aromatic carbocycles. The zero-order valence-electron chi connectivity index (χ0n) is 16.4. The summed E-state index contributed by atoms with van der Waals surface area (Å²) in [6, 6.07) is 20.5. The van der Waals surface area contributed by atoms with Crippen molar-refractivity contribution in [3.05, 3.63) is 99.5 Å². The maximum absolute atomic E-state index is 13.0. The number of sulfonamides is 1. The standard InChI is InChI=1S/C24H20BrClN2O2S/c25-16-5-1-4-15(12-16)24-21-9-3-8-20(21)22-14-19(10-11-23(22)27-24)31(29,30)28-18-7-2-6-17(26)13-18/h1-8,10-14,20-21,24,27-28H,9H2/t20-,21+,24+/m0/s1. The number of anilines is 2. The molecule has 2 aliphatic rings. The van der Waals surface area contributed by atoms with E-state index in [1.807, 2.05) is 18.2 Å². The van der Waals surface area contributed by atoms with E-state index in [0.29, 0.717) is 16.6 Å². The number of halogens is 2. The summed E-state index contributed by atoms with van der Waals surface area (Å²) in [5.74, 6) is 0.502. The number of allylic oxidation sites excluding steroid dienone is 2. The zero-order valence-corrected chi connectivity index (χ0v) is 19.6. The first kappa shape index (κ1) is 20.6. The van der Waals surface area contributed by atoms with E-state index < -0.39 is 10.0 Å². The van der Waals surface area contributed by atoms with Gasteiger partial charge >= 0.3 is 0 Å². The smallest absolute Gasteiger partial charge is 0.261 e. The van der Waals surface area contributed by atoms with Gasteiger partial charge in [-0.2, -0.15) is 0 Å². The first-order valence-corrected chi connectivity index (χ1v) is 12.7. The molecule has 0 unspecified atom stereocenters. The molecular formula is C24H20BrClN2O2S. The topological polar surface area (TPSA) is 58.2 Å². The minimum Gasteiger partial charge on any atom is -0.378 e. The van der Waals surface area contributed by atoms with E-state index in [0.717, 1.165) is 22.1 Å². The van der Waals surface area contributed by atoms with Crippen molar-refractivity contribution in [1.29, 1.82) is 0 Å². The van der Waals surface area contributed by atoms with Crippen molar-refractivity contribution in [1.82, 2.24) is 0 Å². The van der Waals surface area contributed by atoms with E-state index >= 15 is 0 Å². The molecule has 158 valence electrons. The third-order valence-corrected chi connectivity index (χ3v) is 8.04. The lowest BCUT2D eigenvalue weighted by Gasteiger charge is -2.37. The van der Waals surface area contributed by atoms with Crippen LogP contribution in [0, 0.1) is 5.92 Å². The number of benzene rings is 3. The van der Waals surface area contributed by atoms with Gasteiger partial charge in [-0.15, -0.1) is 0 Å². The largest absolute Gasteiger partial charge is 0.378 e. The molecule has 31 heavy (non-hydrogen) atoms. The number of hydrogen-bond acceptors (Lipinski definition) is 3. The molecule has 0 fully saturated rings. The average Bonchev–Trinajstić information content (AvgIpc) is 3.23. The Labute approximate surface area is 195 Å². The minimum absolute atomic E-state index is 0.164. The molecule has 3 atom stereocenters. The van der Waals surface area contributed by atoms with E-state index in [1.54, 1.807) is 36.4 Å². The third-order valence-electron chi connectivity index (χ3n) is 5.93. The quantitative estimate of drug-likeness (QED) is 0.379. The van der Waals surface area contributed by atoms with Crippen LogP contribution in [0.4, 0.5) is 11.4 Å². The Balaban J connectivity index is 1.50. The highest BCUT2D eigenvalue weighted by atomic mass is 79.9. The summed E-state index contributed by atoms with van der Waals surface area (Å²) in [6.45, 7) is 0. The highest BCUT2D eigenvalue weighted by Crippen LogP contribution is 2.50. The SMILES string of the molecule is O=S(=O)(Nc1cccc(Cl)c1)c1ccc2c(c1)[C@H]1C=CC[C@H]1[C@@H](c1cccc(Br)c1)N2. The fourth-order valence-electron chi connectivity index (χ4n) is 4.54. The van der Waals surface area contributed by atoms with Crippen molar-refractivity contribution < 1.29 is 8.42 Å². The van der Waals surface area contributed by atoms with Crippen molar-refractivity contribution in [2.24, 2.45) is 5.92 Å². The molecule has 0 bridgehead atoms. The normalized spacial score (nSPS) is 21.8. The highest BCUT2D eigenvalue weighted by Gasteiger charge is 2.38. The van der Waals surface area contributed by atoms with Crippen LogP contribution in [-0.4, -0.2) is 8.42 Å². The molecule has 0 saturated heterocycles. The van der Waals surface area contributed by atoms with E-state index in [2.05, 4.69) is 50.3 Å². The molecule has 3 aromatic rings. The Hall–Kier alpha value is -2.28. The van der Waals surface area contributed by atoms with Gasteiger partial charge < -0.3 is 5.32 Å². The molecule has 0 spiro atoms. The highest BCUT2D eigenvalue weighted by molar-refractivity contribution is 9.10. The molecule has 5 rings (SSSR count). The number of fused-ring (bicyclic) bond motifs is 3. The summed E-state index contributed by atoms with van der Waals surface area (Å²) in [5.41, 5.74) is 3.65. The third kappa shape index (κ3) is 4.00. The van der Waals surface area contributed by atoms with Crippen LogP contribution in [0.25, 0.3) is 0 Å². The second-order valence-corrected chi connectivity index (χ2v) is 10.9. The molecule has 1 heterocycles. The second-order valence-electron chi connectivity index (χ2n) is 7.90. The predicted octanol–water partition coefficient (Wildman–Crippen LogP) is 6.73. The Bertz CT molecular complexity index is 1290. The van der Waals surface area contributed by atoms with Crippen LogP contribution in [0.5, 0.6) is 0 Å². The summed E-state index contributed by atoms with van der Waals surface area (Å²) < 4.78 is 29.7. The van der Waals surface area contributed by atoms with Crippen LogP contribution < -0.4 is 10.0 Å². The molecule has 1 aliphatic heterocycles. The monoisotopic (exact) mass is 514 g/mol. The number of nitrogens with one attached hydrogen (secondary N) is 2. The lowest BCUT2D eigenvalue weighted by Crippen LogP contribution is -2.29. The Morgan fingerprint density at radius 2 is 1.87 bits per heavy atom. The number of rotatable bonds is 4. The van der Waals surface area contributed by atoms with E-state index in [1.165, 1.54) is 5.56 Å². The molecule has 0 aromatic heterocycles. The molecular weight excluding hydrogens is 496 g/mol. The van der Waals surface area contributed by atoms with Crippen LogP contribution in [0.3, 0.4) is 0 Å². The summed E-state index contributed by atoms with van der Waals surface area (Å²) >= 11 is 9.57. The second kappa shape index (κ2) is 8.01. The summed E-state index contributed by atoms with van der Waals surface area (Å²) in [5, 5.41) is 4.13. The van der Waals surface area contributed by atoms with Crippen molar-refractivity contribution >= 4 is 48.9 Å². The maximum atomic E-state index is 13.0. The van der Waals surface area contributed by atoms with Crippen molar-refractivity contribution in [3.8, 4) is 0 Å². The van der Waals surface area contributed by atoms with Gasteiger partial charge in [-0.25, -0.2) is 8.42 Å². The average molecular weight is 516 g/mol. The molecule has 7 heteroatoms. The van der Waals surface area contributed by atoms with Gasteiger partial charge in [-0.05, 0) is 72.0 Å². The van der Waals surface area contributed by atoms with Crippen LogP contribution in [0.15, 0.2) is 88.3 Å². The first-order chi connectivity index (χ1) is 14.9. The molecule has 0 amide bonds. The number of hydrogen-bond donors (Lipinski definition) is 2. The Kier molecular flexibility index (Phi) is 5.32. The van der Waals surface area contributed by atoms with Gasteiger partial charge in [-0.1, -0.05) is 57.9 Å². The van der Waals surface area contributed by atoms with Gasteiger partial charge in [0.1, 0.15) is 0 Å². The van der Waals surface area contributed by atoms with Crippen LogP contribution in [-0.2, 0) is 10.0 Å². The summed E-state index contributed by atoms with van der Waals surface area (Å²) in [4.78, 5) is 0.244. The molecule has 0 saturated carbocycles. The fraction of sp³-hybridized carbons (Fsp3) is 0.167. The Morgan fingerprint density at radius 3 is 2.68 bits per heavy atom. The van der Waals surface area contributed by atoms with Crippen LogP contribution in [0.1, 0.15) is 29.5 Å². The van der Waals surface area contributed by atoms with Gasteiger partial charge in [0.05, 0.1) is 16.6 Å². The maximum Gasteiger partial charge on any atom is 0.261 e. The van der Waals surface area contributed by atoms with Crippen LogP contribution >= 0.6 is 27.5 Å². The minimum atomic E-state index is -3.73. The zero-order chi connectivity index (χ0) is 21.6. The lowest BCUT2D eigenvalue weighted by atomic mass is 9.77. The summed E-state index contributed by atoms with van der Waals surface area (Å²) in [7, 11) is -3.73.